The normalized spacial score (nSPS) is 13.3. The molecule has 0 N–H and O–H groups in total. The van der Waals surface area contributed by atoms with Crippen molar-refractivity contribution in [2.45, 2.75) is 109 Å². The minimum absolute atomic E-state index is 0.00589. The fourth-order valence-electron chi connectivity index (χ4n) is 3.98. The molecule has 0 fully saturated rings. The molecule has 0 heterocycles. The molecule has 0 aromatic carbocycles. The summed E-state index contributed by atoms with van der Waals surface area (Å²) in [6.45, 7) is 1.44. The standard InChI is InChI=1S/C26H47F6N2O4P/c1-4-5-18-33(23(35)25(27,28)29)20-17-21-34(24(36)26(30,31)32)19-15-13-11-9-7-6-8-10-12-14-16-22-38-39(3)37-2/h4-22H2,1-3H3/i1D. The maximum absolute atomic E-state index is 13.1. The summed E-state index contributed by atoms with van der Waals surface area (Å²) in [4.78, 5) is 24.7. The molecule has 0 aliphatic carbocycles. The van der Waals surface area contributed by atoms with Gasteiger partial charge in [0.05, 0.1) is 6.61 Å². The first kappa shape index (κ1) is 35.9. The Bertz CT molecular complexity index is 674. The third-order valence-electron chi connectivity index (χ3n) is 6.20. The predicted molar refractivity (Wildman–Crippen MR) is 141 cm³/mol. The zero-order valence-corrected chi connectivity index (χ0v) is 24.3. The van der Waals surface area contributed by atoms with E-state index < -0.39 is 45.6 Å². The maximum atomic E-state index is 13.1. The lowest BCUT2D eigenvalue weighted by atomic mass is 10.1. The van der Waals surface area contributed by atoms with Gasteiger partial charge in [0.1, 0.15) is 0 Å². The van der Waals surface area contributed by atoms with Gasteiger partial charge in [-0.25, -0.2) is 0 Å². The number of rotatable bonds is 23. The fourth-order valence-corrected chi connectivity index (χ4v) is 4.48. The summed E-state index contributed by atoms with van der Waals surface area (Å²) in [7, 11) is 0.868. The van der Waals surface area contributed by atoms with Crippen molar-refractivity contribution in [1.82, 2.24) is 9.80 Å². The lowest BCUT2D eigenvalue weighted by Gasteiger charge is -2.27. The van der Waals surface area contributed by atoms with E-state index in [1.165, 1.54) is 0 Å². The fraction of sp³-hybridized carbons (Fsp3) is 0.923. The van der Waals surface area contributed by atoms with Gasteiger partial charge in [-0.1, -0.05) is 71.1 Å². The van der Waals surface area contributed by atoms with Gasteiger partial charge in [-0.15, -0.1) is 0 Å². The van der Waals surface area contributed by atoms with Crippen LogP contribution in [0.3, 0.4) is 0 Å². The monoisotopic (exact) mass is 597 g/mol. The number of carbonyl (C=O) groups excluding carboxylic acids is 2. The Hall–Kier alpha value is -1.13. The number of nitrogens with zero attached hydrogens (tertiary/aromatic N) is 2. The molecule has 0 bridgehead atoms. The van der Waals surface area contributed by atoms with Crippen LogP contribution < -0.4 is 0 Å². The van der Waals surface area contributed by atoms with Crippen molar-refractivity contribution in [3.63, 3.8) is 0 Å². The topological polar surface area (TPSA) is 59.1 Å². The molecule has 232 valence electrons. The quantitative estimate of drug-likeness (QED) is 0.0684. The van der Waals surface area contributed by atoms with Gasteiger partial charge < -0.3 is 18.8 Å². The Kier molecular flexibility index (Phi) is 19.9. The van der Waals surface area contributed by atoms with Crippen LogP contribution in [0.15, 0.2) is 0 Å². The molecule has 0 radical (unpaired) electrons. The van der Waals surface area contributed by atoms with E-state index in [-0.39, 0.29) is 32.8 Å². The minimum Gasteiger partial charge on any atom is -0.338 e. The van der Waals surface area contributed by atoms with E-state index in [9.17, 15) is 35.9 Å². The van der Waals surface area contributed by atoms with Gasteiger partial charge in [0, 0.05) is 41.3 Å². The summed E-state index contributed by atoms with van der Waals surface area (Å²) in [5.74, 6) is -4.08. The van der Waals surface area contributed by atoms with Crippen LogP contribution in [0.4, 0.5) is 26.3 Å². The molecule has 0 aromatic rings. The highest BCUT2D eigenvalue weighted by atomic mass is 31.2. The van der Waals surface area contributed by atoms with Crippen molar-refractivity contribution in [3.05, 3.63) is 0 Å². The lowest BCUT2D eigenvalue weighted by molar-refractivity contribution is -0.187. The number of halogens is 6. The molecule has 1 atom stereocenters. The van der Waals surface area contributed by atoms with Crippen LogP contribution in [-0.4, -0.2) is 80.5 Å². The van der Waals surface area contributed by atoms with Gasteiger partial charge in [0.25, 0.3) is 0 Å². The van der Waals surface area contributed by atoms with Crippen molar-refractivity contribution >= 4 is 20.2 Å². The molecule has 0 aliphatic heterocycles. The van der Waals surface area contributed by atoms with E-state index in [0.717, 1.165) is 57.8 Å². The minimum atomic E-state index is -5.10. The molecule has 0 spiro atoms. The smallest absolute Gasteiger partial charge is 0.338 e. The Morgan fingerprint density at radius 3 is 1.46 bits per heavy atom. The molecule has 6 nitrogen and oxygen atoms in total. The van der Waals surface area contributed by atoms with Gasteiger partial charge in [-0.2, -0.15) is 26.3 Å². The summed E-state index contributed by atoms with van der Waals surface area (Å²) in [6, 6.07) is 0. The molecule has 0 aliphatic rings. The van der Waals surface area contributed by atoms with Crippen molar-refractivity contribution in [1.29, 1.82) is 0 Å². The van der Waals surface area contributed by atoms with Crippen LogP contribution in [0.1, 0.15) is 98.2 Å². The maximum Gasteiger partial charge on any atom is 0.471 e. The molecule has 13 heteroatoms. The average molecular weight is 598 g/mol. The Balaban J connectivity index is 4.30. The van der Waals surface area contributed by atoms with Gasteiger partial charge >= 0.3 is 24.2 Å². The highest BCUT2D eigenvalue weighted by Gasteiger charge is 2.43. The number of hydrogen-bond donors (Lipinski definition) is 0. The second-order valence-electron chi connectivity index (χ2n) is 9.49. The molecule has 2 amide bonds. The SMILES string of the molecule is [2H]CCCCN(CCCN(CCCCCCCCCCCCCOP(C)OC)C(=O)C(F)(F)F)C(=O)C(F)(F)F. The van der Waals surface area contributed by atoms with E-state index in [2.05, 4.69) is 0 Å². The molecular weight excluding hydrogens is 549 g/mol. The van der Waals surface area contributed by atoms with Gasteiger partial charge in [-0.05, 0) is 25.7 Å². The first-order chi connectivity index (χ1) is 18.8. The summed E-state index contributed by atoms with van der Waals surface area (Å²) < 4.78 is 95.4. The highest BCUT2D eigenvalue weighted by molar-refractivity contribution is 7.46. The van der Waals surface area contributed by atoms with Crippen LogP contribution in [-0.2, 0) is 18.6 Å². The predicted octanol–water partition coefficient (Wildman–Crippen LogP) is 7.85. The molecular formula is C26H47F6N2O4P. The number of unbranched alkanes of at least 4 members (excludes halogenated alkanes) is 11. The molecule has 0 aromatic heterocycles. The van der Waals surface area contributed by atoms with Gasteiger partial charge in [-0.3, -0.25) is 9.59 Å². The Morgan fingerprint density at radius 2 is 1.05 bits per heavy atom. The van der Waals surface area contributed by atoms with Crippen LogP contribution in [0, 0.1) is 0 Å². The number of amides is 2. The average Bonchev–Trinajstić information content (AvgIpc) is 2.89. The Labute approximate surface area is 232 Å². The zero-order valence-electron chi connectivity index (χ0n) is 24.4. The van der Waals surface area contributed by atoms with E-state index in [1.54, 1.807) is 7.11 Å². The van der Waals surface area contributed by atoms with Gasteiger partial charge in [0.15, 0.2) is 8.38 Å². The molecule has 0 saturated heterocycles. The third kappa shape index (κ3) is 19.6. The van der Waals surface area contributed by atoms with E-state index in [0.29, 0.717) is 35.7 Å². The molecule has 39 heavy (non-hydrogen) atoms. The van der Waals surface area contributed by atoms with Crippen LogP contribution in [0.25, 0.3) is 0 Å². The van der Waals surface area contributed by atoms with Crippen LogP contribution in [0.2, 0.25) is 0 Å². The number of carbonyl (C=O) groups is 2. The lowest BCUT2D eigenvalue weighted by Crippen LogP contribution is -2.45. The molecule has 0 saturated carbocycles. The zero-order chi connectivity index (χ0) is 30.4. The Morgan fingerprint density at radius 1 is 0.667 bits per heavy atom. The van der Waals surface area contributed by atoms with Crippen molar-refractivity contribution in [2.24, 2.45) is 0 Å². The molecule has 1 unspecified atom stereocenters. The second kappa shape index (κ2) is 21.6. The van der Waals surface area contributed by atoms with Crippen molar-refractivity contribution in [3.8, 4) is 0 Å². The summed E-state index contributed by atoms with van der Waals surface area (Å²) in [5, 5.41) is 0. The first-order valence-electron chi connectivity index (χ1n) is 14.5. The highest BCUT2D eigenvalue weighted by Crippen LogP contribution is 2.31. The van der Waals surface area contributed by atoms with Gasteiger partial charge in [0.2, 0.25) is 0 Å². The largest absolute Gasteiger partial charge is 0.471 e. The van der Waals surface area contributed by atoms with E-state index >= 15 is 0 Å². The van der Waals surface area contributed by atoms with E-state index in [4.69, 9.17) is 10.4 Å². The third-order valence-corrected chi connectivity index (χ3v) is 7.26. The summed E-state index contributed by atoms with van der Waals surface area (Å²) >= 11 is 0. The van der Waals surface area contributed by atoms with Crippen LogP contribution in [0.5, 0.6) is 0 Å². The second-order valence-corrected chi connectivity index (χ2v) is 11.0. The number of hydrogen-bond acceptors (Lipinski definition) is 4. The summed E-state index contributed by atoms with van der Waals surface area (Å²) in [6.07, 6.45) is 0.568. The van der Waals surface area contributed by atoms with Crippen molar-refractivity contribution in [2.75, 3.05) is 46.6 Å². The summed E-state index contributed by atoms with van der Waals surface area (Å²) in [5.41, 5.74) is 0. The van der Waals surface area contributed by atoms with E-state index in [1.807, 2.05) is 6.66 Å². The molecule has 0 rings (SSSR count). The number of alkyl halides is 6. The van der Waals surface area contributed by atoms with Crippen LogP contribution >= 0.6 is 8.38 Å². The van der Waals surface area contributed by atoms with Crippen molar-refractivity contribution < 1.29 is 46.3 Å². The first-order valence-corrected chi connectivity index (χ1v) is 15.4.